The Morgan fingerprint density at radius 2 is 2.09 bits per heavy atom. The van der Waals surface area contributed by atoms with E-state index in [1.807, 2.05) is 0 Å². The standard InChI is InChI=1S/C14H23N3O6/c1-22-7-3-11(13(19)16-5-8-23-9-6-16)17-4-2-10(12(17)18)15-14(20)21/h10-11,15H,2-9H2,1H3,(H,20,21)/t10-,11-/m0/s1. The van der Waals surface area contributed by atoms with Gasteiger partial charge in [0.05, 0.1) is 13.2 Å². The lowest BCUT2D eigenvalue weighted by Gasteiger charge is -2.34. The van der Waals surface area contributed by atoms with E-state index in [-0.39, 0.29) is 11.8 Å². The molecule has 9 nitrogen and oxygen atoms in total. The predicted octanol–water partition coefficient (Wildman–Crippen LogP) is -0.881. The molecule has 9 heteroatoms. The molecule has 2 rings (SSSR count). The van der Waals surface area contributed by atoms with Gasteiger partial charge in [0.15, 0.2) is 0 Å². The van der Waals surface area contributed by atoms with Gasteiger partial charge in [0.1, 0.15) is 12.1 Å². The van der Waals surface area contributed by atoms with E-state index in [2.05, 4.69) is 5.32 Å². The van der Waals surface area contributed by atoms with Gasteiger partial charge >= 0.3 is 6.09 Å². The average molecular weight is 329 g/mol. The van der Waals surface area contributed by atoms with Gasteiger partial charge < -0.3 is 29.7 Å². The minimum atomic E-state index is -1.24. The smallest absolute Gasteiger partial charge is 0.405 e. The van der Waals surface area contributed by atoms with Gasteiger partial charge in [0.2, 0.25) is 11.8 Å². The van der Waals surface area contributed by atoms with Crippen LogP contribution in [-0.2, 0) is 19.1 Å². The van der Waals surface area contributed by atoms with Gasteiger partial charge in [-0.05, 0) is 6.42 Å². The maximum absolute atomic E-state index is 12.7. The molecule has 0 saturated carbocycles. The Bertz CT molecular complexity index is 452. The topological polar surface area (TPSA) is 108 Å². The second-order valence-corrected chi connectivity index (χ2v) is 5.56. The SMILES string of the molecule is COCC[C@@H](C(=O)N1CCOCC1)N1CC[C@H](NC(=O)O)C1=O. The third-order valence-corrected chi connectivity index (χ3v) is 4.12. The van der Waals surface area contributed by atoms with Crippen molar-refractivity contribution in [2.75, 3.05) is 46.6 Å². The molecule has 0 bridgehead atoms. The fourth-order valence-electron chi connectivity index (χ4n) is 2.93. The summed E-state index contributed by atoms with van der Waals surface area (Å²) in [6.45, 7) is 2.68. The lowest BCUT2D eigenvalue weighted by atomic mass is 10.1. The molecule has 0 aromatic heterocycles. The third-order valence-electron chi connectivity index (χ3n) is 4.12. The van der Waals surface area contributed by atoms with Crippen molar-refractivity contribution in [1.29, 1.82) is 0 Å². The van der Waals surface area contributed by atoms with Gasteiger partial charge in [-0.3, -0.25) is 9.59 Å². The number of hydrogen-bond acceptors (Lipinski definition) is 5. The molecule has 23 heavy (non-hydrogen) atoms. The second kappa shape index (κ2) is 8.11. The molecule has 0 unspecified atom stereocenters. The first kappa shape index (κ1) is 17.5. The molecule has 2 heterocycles. The molecule has 3 amide bonds. The number of hydrogen-bond donors (Lipinski definition) is 2. The van der Waals surface area contributed by atoms with Crippen LogP contribution in [0.5, 0.6) is 0 Å². The minimum absolute atomic E-state index is 0.130. The summed E-state index contributed by atoms with van der Waals surface area (Å²) in [5.74, 6) is -0.482. The van der Waals surface area contributed by atoms with E-state index in [1.54, 1.807) is 4.90 Å². The number of amides is 3. The van der Waals surface area contributed by atoms with Crippen molar-refractivity contribution in [2.45, 2.75) is 24.9 Å². The normalized spacial score (nSPS) is 23.0. The Balaban J connectivity index is 2.06. The van der Waals surface area contributed by atoms with Crippen molar-refractivity contribution in [2.24, 2.45) is 0 Å². The Morgan fingerprint density at radius 1 is 1.39 bits per heavy atom. The zero-order chi connectivity index (χ0) is 16.8. The van der Waals surface area contributed by atoms with Gasteiger partial charge in [0, 0.05) is 39.8 Å². The second-order valence-electron chi connectivity index (χ2n) is 5.56. The first-order chi connectivity index (χ1) is 11.0. The fraction of sp³-hybridized carbons (Fsp3) is 0.786. The molecule has 2 N–H and O–H groups in total. The summed E-state index contributed by atoms with van der Waals surface area (Å²) < 4.78 is 10.3. The first-order valence-electron chi connectivity index (χ1n) is 7.70. The highest BCUT2D eigenvalue weighted by Gasteiger charge is 2.40. The number of nitrogens with one attached hydrogen (secondary N) is 1. The van der Waals surface area contributed by atoms with Crippen molar-refractivity contribution in [3.63, 3.8) is 0 Å². The summed E-state index contributed by atoms with van der Waals surface area (Å²) in [6.07, 6.45) is -0.485. The zero-order valence-corrected chi connectivity index (χ0v) is 13.2. The van der Waals surface area contributed by atoms with Crippen molar-refractivity contribution in [3.8, 4) is 0 Å². The van der Waals surface area contributed by atoms with Gasteiger partial charge in [-0.2, -0.15) is 0 Å². The van der Waals surface area contributed by atoms with Crippen LogP contribution in [0.2, 0.25) is 0 Å². The van der Waals surface area contributed by atoms with Crippen LogP contribution in [0, 0.1) is 0 Å². The van der Waals surface area contributed by atoms with Crippen molar-refractivity contribution < 1.29 is 29.0 Å². The number of nitrogens with zero attached hydrogens (tertiary/aromatic N) is 2. The van der Waals surface area contributed by atoms with E-state index in [1.165, 1.54) is 12.0 Å². The first-order valence-corrected chi connectivity index (χ1v) is 7.70. The summed E-state index contributed by atoms with van der Waals surface area (Å²) in [5, 5.41) is 11.0. The molecular formula is C14H23N3O6. The highest BCUT2D eigenvalue weighted by Crippen LogP contribution is 2.19. The fourth-order valence-corrected chi connectivity index (χ4v) is 2.93. The maximum atomic E-state index is 12.7. The Labute approximate surface area is 134 Å². The Morgan fingerprint density at radius 3 is 2.70 bits per heavy atom. The van der Waals surface area contributed by atoms with Crippen LogP contribution in [0.15, 0.2) is 0 Å². The van der Waals surface area contributed by atoms with Gasteiger partial charge in [-0.1, -0.05) is 0 Å². The number of morpholine rings is 1. The van der Waals surface area contributed by atoms with E-state index in [0.717, 1.165) is 0 Å². The van der Waals surface area contributed by atoms with Crippen LogP contribution in [-0.4, -0.2) is 91.5 Å². The molecule has 2 atom stereocenters. The highest BCUT2D eigenvalue weighted by molar-refractivity contribution is 5.92. The summed E-state index contributed by atoms with van der Waals surface area (Å²) in [6, 6.07) is -1.41. The van der Waals surface area contributed by atoms with Gasteiger partial charge in [-0.15, -0.1) is 0 Å². The lowest BCUT2D eigenvalue weighted by molar-refractivity contribution is -0.147. The van der Waals surface area contributed by atoms with Crippen LogP contribution in [0.4, 0.5) is 4.79 Å². The molecular weight excluding hydrogens is 306 g/mol. The van der Waals surface area contributed by atoms with E-state index >= 15 is 0 Å². The number of ether oxygens (including phenoxy) is 2. The van der Waals surface area contributed by atoms with Crippen LogP contribution >= 0.6 is 0 Å². The minimum Gasteiger partial charge on any atom is -0.465 e. The van der Waals surface area contributed by atoms with Crippen molar-refractivity contribution in [3.05, 3.63) is 0 Å². The van der Waals surface area contributed by atoms with Crippen LogP contribution in [0.1, 0.15) is 12.8 Å². The molecule has 130 valence electrons. The van der Waals surface area contributed by atoms with E-state index in [9.17, 15) is 14.4 Å². The van der Waals surface area contributed by atoms with Gasteiger partial charge in [0.25, 0.3) is 0 Å². The number of rotatable bonds is 6. The number of methoxy groups -OCH3 is 1. The lowest BCUT2D eigenvalue weighted by Crippen LogP contribution is -2.54. The monoisotopic (exact) mass is 329 g/mol. The van der Waals surface area contributed by atoms with E-state index in [4.69, 9.17) is 14.6 Å². The predicted molar refractivity (Wildman–Crippen MR) is 79.0 cm³/mol. The van der Waals surface area contributed by atoms with Crippen molar-refractivity contribution in [1.82, 2.24) is 15.1 Å². The Hall–Kier alpha value is -1.87. The van der Waals surface area contributed by atoms with Crippen LogP contribution < -0.4 is 5.32 Å². The summed E-state index contributed by atoms with van der Waals surface area (Å²) >= 11 is 0. The third kappa shape index (κ3) is 4.32. The number of carboxylic acid groups (broad SMARTS) is 1. The molecule has 0 radical (unpaired) electrons. The number of carbonyl (C=O) groups excluding carboxylic acids is 2. The molecule has 2 saturated heterocycles. The largest absolute Gasteiger partial charge is 0.465 e. The molecule has 0 spiro atoms. The Kier molecular flexibility index (Phi) is 6.17. The number of carbonyl (C=O) groups is 3. The zero-order valence-electron chi connectivity index (χ0n) is 13.2. The van der Waals surface area contributed by atoms with Crippen LogP contribution in [0.3, 0.4) is 0 Å². The quantitative estimate of drug-likeness (QED) is 0.655. The van der Waals surface area contributed by atoms with Crippen molar-refractivity contribution >= 4 is 17.9 Å². The van der Waals surface area contributed by atoms with E-state index in [0.29, 0.717) is 52.3 Å². The summed E-state index contributed by atoms with van der Waals surface area (Å²) in [4.78, 5) is 39.0. The van der Waals surface area contributed by atoms with Gasteiger partial charge in [-0.25, -0.2) is 4.79 Å². The molecule has 2 fully saturated rings. The molecule has 0 aromatic rings. The van der Waals surface area contributed by atoms with Crippen LogP contribution in [0.25, 0.3) is 0 Å². The summed E-state index contributed by atoms with van der Waals surface area (Å²) in [5.41, 5.74) is 0. The number of likely N-dealkylation sites (tertiary alicyclic amines) is 1. The maximum Gasteiger partial charge on any atom is 0.405 e. The molecule has 0 aliphatic carbocycles. The molecule has 0 aromatic carbocycles. The molecule has 2 aliphatic heterocycles. The summed E-state index contributed by atoms with van der Waals surface area (Å²) in [7, 11) is 1.54. The van der Waals surface area contributed by atoms with E-state index < -0.39 is 18.2 Å². The molecule has 2 aliphatic rings. The highest BCUT2D eigenvalue weighted by atomic mass is 16.5. The average Bonchev–Trinajstić information content (AvgIpc) is 2.89.